The largest absolute Gasteiger partial charge is 0.491 e. The van der Waals surface area contributed by atoms with Crippen molar-refractivity contribution in [3.05, 3.63) is 45.6 Å². The van der Waals surface area contributed by atoms with Gasteiger partial charge in [-0.05, 0) is 6.07 Å². The van der Waals surface area contributed by atoms with Gasteiger partial charge in [0.05, 0.1) is 11.3 Å². The van der Waals surface area contributed by atoms with Crippen molar-refractivity contribution in [3.8, 4) is 0 Å². The lowest BCUT2D eigenvalue weighted by molar-refractivity contribution is 0.0751. The zero-order valence-corrected chi connectivity index (χ0v) is 11.1. The van der Waals surface area contributed by atoms with Crippen LogP contribution in [0.5, 0.6) is 0 Å². The smallest absolute Gasteiger partial charge is 0.258 e. The lowest BCUT2D eigenvalue weighted by Gasteiger charge is -2.24. The van der Waals surface area contributed by atoms with Gasteiger partial charge in [-0.1, -0.05) is 20.4 Å². The van der Waals surface area contributed by atoms with E-state index in [4.69, 9.17) is 4.74 Å². The Labute approximate surface area is 111 Å². The zero-order chi connectivity index (χ0) is 14.2. The first kappa shape index (κ1) is 13.5. The van der Waals surface area contributed by atoms with Crippen molar-refractivity contribution < 1.29 is 14.6 Å². The molecule has 0 aromatic carbocycles. The minimum Gasteiger partial charge on any atom is -0.491 e. The topological polar surface area (TPSA) is 68.5 Å². The summed E-state index contributed by atoms with van der Waals surface area (Å²) in [7, 11) is 0. The standard InChI is InChI=1S/C12H11NO4.C2H6/c1-6-11(15)7-4-9-10(14)2-3-13(9)12(16)8(7)5-17-6;1-2/h4,11,15H,1-3,5H2;1-2H3. The van der Waals surface area contributed by atoms with Gasteiger partial charge in [0.1, 0.15) is 18.5 Å². The summed E-state index contributed by atoms with van der Waals surface area (Å²) in [4.78, 5) is 23.7. The first-order chi connectivity index (χ1) is 9.09. The molecular weight excluding hydrogens is 246 g/mol. The molecule has 0 amide bonds. The number of Topliss-reactive ketones (excluding diaryl/α,β-unsaturated/α-hetero) is 1. The van der Waals surface area contributed by atoms with Crippen molar-refractivity contribution in [1.82, 2.24) is 4.57 Å². The van der Waals surface area contributed by atoms with E-state index in [2.05, 4.69) is 6.58 Å². The maximum atomic E-state index is 12.1. The summed E-state index contributed by atoms with van der Waals surface area (Å²) in [5.74, 6) is 0.154. The number of rotatable bonds is 0. The zero-order valence-electron chi connectivity index (χ0n) is 11.1. The molecule has 0 saturated carbocycles. The fourth-order valence-corrected chi connectivity index (χ4v) is 2.31. The minimum atomic E-state index is -1.02. The molecule has 1 aromatic rings. The number of pyridine rings is 1. The van der Waals surface area contributed by atoms with Gasteiger partial charge in [0.25, 0.3) is 5.56 Å². The van der Waals surface area contributed by atoms with Gasteiger partial charge in [-0.25, -0.2) is 0 Å². The highest BCUT2D eigenvalue weighted by Gasteiger charge is 2.30. The fraction of sp³-hybridized carbons (Fsp3) is 0.429. The molecule has 1 atom stereocenters. The number of ether oxygens (including phenoxy) is 1. The van der Waals surface area contributed by atoms with Crippen molar-refractivity contribution in [2.24, 2.45) is 0 Å². The first-order valence-electron chi connectivity index (χ1n) is 6.39. The molecule has 1 unspecified atom stereocenters. The molecule has 3 heterocycles. The molecule has 2 aliphatic heterocycles. The summed E-state index contributed by atoms with van der Waals surface area (Å²) >= 11 is 0. The molecule has 1 N–H and O–H groups in total. The molecule has 0 saturated heterocycles. The van der Waals surface area contributed by atoms with E-state index in [1.54, 1.807) is 6.07 Å². The summed E-state index contributed by atoms with van der Waals surface area (Å²) in [6, 6.07) is 1.59. The Kier molecular flexibility index (Phi) is 3.57. The van der Waals surface area contributed by atoms with Crippen LogP contribution in [0.2, 0.25) is 0 Å². The van der Waals surface area contributed by atoms with Crippen LogP contribution in [-0.2, 0) is 17.9 Å². The Morgan fingerprint density at radius 1 is 1.42 bits per heavy atom. The highest BCUT2D eigenvalue weighted by Crippen LogP contribution is 2.31. The quantitative estimate of drug-likeness (QED) is 0.771. The van der Waals surface area contributed by atoms with Gasteiger partial charge in [0.2, 0.25) is 0 Å². The summed E-state index contributed by atoms with van der Waals surface area (Å²) in [6.45, 7) is 8.09. The maximum Gasteiger partial charge on any atom is 0.258 e. The molecule has 102 valence electrons. The normalized spacial score (nSPS) is 20.1. The molecule has 1 aromatic heterocycles. The number of carbonyl (C=O) groups excluding carboxylic acids is 1. The number of fused-ring (bicyclic) bond motifs is 2. The van der Waals surface area contributed by atoms with Crippen LogP contribution in [0.3, 0.4) is 0 Å². The van der Waals surface area contributed by atoms with Crippen LogP contribution in [0, 0.1) is 0 Å². The van der Waals surface area contributed by atoms with Crippen molar-refractivity contribution in [2.75, 3.05) is 0 Å². The van der Waals surface area contributed by atoms with Gasteiger partial charge in [-0.2, -0.15) is 0 Å². The van der Waals surface area contributed by atoms with Gasteiger partial charge in [0, 0.05) is 18.5 Å². The second kappa shape index (κ2) is 5.01. The second-order valence-electron chi connectivity index (χ2n) is 4.25. The van der Waals surface area contributed by atoms with Crippen LogP contribution in [-0.4, -0.2) is 15.5 Å². The molecule has 0 bridgehead atoms. The molecule has 3 rings (SSSR count). The molecule has 5 nitrogen and oxygen atoms in total. The van der Waals surface area contributed by atoms with E-state index in [0.29, 0.717) is 29.8 Å². The average Bonchev–Trinajstić information content (AvgIpc) is 2.79. The second-order valence-corrected chi connectivity index (χ2v) is 4.25. The molecule has 19 heavy (non-hydrogen) atoms. The van der Waals surface area contributed by atoms with E-state index in [0.717, 1.165) is 0 Å². The van der Waals surface area contributed by atoms with Crippen LogP contribution in [0.15, 0.2) is 23.2 Å². The van der Waals surface area contributed by atoms with Crippen LogP contribution in [0.4, 0.5) is 0 Å². The average molecular weight is 263 g/mol. The lowest BCUT2D eigenvalue weighted by Crippen LogP contribution is -2.30. The summed E-state index contributed by atoms with van der Waals surface area (Å²) < 4.78 is 6.59. The number of aliphatic hydroxyl groups is 1. The number of aromatic nitrogens is 1. The Hall–Kier alpha value is -1.88. The van der Waals surface area contributed by atoms with Crippen LogP contribution in [0.1, 0.15) is 48.0 Å². The summed E-state index contributed by atoms with van der Waals surface area (Å²) in [5, 5.41) is 9.89. The minimum absolute atomic E-state index is 0.0609. The van der Waals surface area contributed by atoms with Gasteiger partial charge in [-0.15, -0.1) is 0 Å². The molecule has 5 heteroatoms. The van der Waals surface area contributed by atoms with E-state index in [-0.39, 0.29) is 23.7 Å². The van der Waals surface area contributed by atoms with Gasteiger partial charge in [-0.3, -0.25) is 9.59 Å². The summed E-state index contributed by atoms with van der Waals surface area (Å²) in [6.07, 6.45) is -0.679. The molecule has 0 fully saturated rings. The predicted octanol–water partition coefficient (Wildman–Crippen LogP) is 1.54. The van der Waals surface area contributed by atoms with E-state index in [1.165, 1.54) is 4.57 Å². The number of aliphatic hydroxyl groups excluding tert-OH is 1. The third-order valence-corrected chi connectivity index (χ3v) is 3.28. The Morgan fingerprint density at radius 3 is 2.79 bits per heavy atom. The van der Waals surface area contributed by atoms with Crippen molar-refractivity contribution in [3.63, 3.8) is 0 Å². The number of ketones is 1. The predicted molar refractivity (Wildman–Crippen MR) is 69.9 cm³/mol. The van der Waals surface area contributed by atoms with Gasteiger partial charge in [0.15, 0.2) is 5.78 Å². The molecule has 2 aliphatic rings. The van der Waals surface area contributed by atoms with E-state index in [1.807, 2.05) is 13.8 Å². The third kappa shape index (κ3) is 2.00. The monoisotopic (exact) mass is 263 g/mol. The molecule has 0 aliphatic carbocycles. The highest BCUT2D eigenvalue weighted by atomic mass is 16.5. The van der Waals surface area contributed by atoms with Crippen molar-refractivity contribution in [1.29, 1.82) is 0 Å². The number of nitrogens with zero attached hydrogens (tertiary/aromatic N) is 1. The van der Waals surface area contributed by atoms with E-state index < -0.39 is 6.10 Å². The number of carbonyl (C=O) groups is 1. The van der Waals surface area contributed by atoms with Crippen LogP contribution < -0.4 is 5.56 Å². The van der Waals surface area contributed by atoms with Gasteiger partial charge >= 0.3 is 0 Å². The Balaban J connectivity index is 0.000000637. The third-order valence-electron chi connectivity index (χ3n) is 3.28. The maximum absolute atomic E-state index is 12.1. The lowest BCUT2D eigenvalue weighted by atomic mass is 9.99. The van der Waals surface area contributed by atoms with Crippen molar-refractivity contribution >= 4 is 5.78 Å². The Bertz CT molecular complexity index is 600. The van der Waals surface area contributed by atoms with E-state index >= 15 is 0 Å². The summed E-state index contributed by atoms with van der Waals surface area (Å²) in [5.41, 5.74) is 1.01. The highest BCUT2D eigenvalue weighted by molar-refractivity contribution is 5.96. The Morgan fingerprint density at radius 2 is 2.11 bits per heavy atom. The molecule has 0 spiro atoms. The van der Waals surface area contributed by atoms with E-state index in [9.17, 15) is 14.7 Å². The van der Waals surface area contributed by atoms with Crippen LogP contribution in [0.25, 0.3) is 0 Å². The van der Waals surface area contributed by atoms with Crippen molar-refractivity contribution in [2.45, 2.75) is 39.5 Å². The fourth-order valence-electron chi connectivity index (χ4n) is 2.31. The first-order valence-corrected chi connectivity index (χ1v) is 6.39. The molecular formula is C14H17NO4. The van der Waals surface area contributed by atoms with Crippen LogP contribution >= 0.6 is 0 Å². The van der Waals surface area contributed by atoms with Gasteiger partial charge < -0.3 is 14.4 Å². The number of hydrogen-bond donors (Lipinski definition) is 1. The number of hydrogen-bond acceptors (Lipinski definition) is 4. The molecule has 0 radical (unpaired) electrons. The SMILES string of the molecule is C=C1OCc2c(cc3n(c2=O)CCC3=O)C1O.CC.